The van der Waals surface area contributed by atoms with Crippen LogP contribution in [0.25, 0.3) is 11.4 Å². The fourth-order valence-corrected chi connectivity index (χ4v) is 3.43. The van der Waals surface area contributed by atoms with E-state index in [0.29, 0.717) is 29.6 Å². The van der Waals surface area contributed by atoms with Gasteiger partial charge in [0.05, 0.1) is 12.2 Å². The summed E-state index contributed by atoms with van der Waals surface area (Å²) in [7, 11) is 0. The Bertz CT molecular complexity index is 1040. The number of hydrogen-bond donors (Lipinski definition) is 2. The van der Waals surface area contributed by atoms with Crippen LogP contribution >= 0.6 is 0 Å². The van der Waals surface area contributed by atoms with Crippen molar-refractivity contribution in [3.8, 4) is 17.1 Å². The number of amides is 1. The third-order valence-electron chi connectivity index (χ3n) is 4.59. The van der Waals surface area contributed by atoms with Crippen LogP contribution in [0, 0.1) is 0 Å². The molecule has 1 aromatic heterocycles. The lowest BCUT2D eigenvalue weighted by atomic mass is 9.86. The van der Waals surface area contributed by atoms with Crippen molar-refractivity contribution in [2.45, 2.75) is 19.3 Å². The van der Waals surface area contributed by atoms with Crippen molar-refractivity contribution < 1.29 is 9.53 Å². The Morgan fingerprint density at radius 2 is 1.81 bits per heavy atom. The number of carbonyl (C=O) groups is 1. The highest BCUT2D eigenvalue weighted by molar-refractivity contribution is 5.94. The first kappa shape index (κ1) is 17.0. The molecule has 0 saturated carbocycles. The molecule has 136 valence electrons. The lowest BCUT2D eigenvalue weighted by Gasteiger charge is -2.26. The molecule has 2 aromatic carbocycles. The minimum atomic E-state index is -0.405. The number of hydrogen-bond acceptors (Lipinski definition) is 4. The Morgan fingerprint density at radius 3 is 2.59 bits per heavy atom. The molecule has 0 saturated heterocycles. The molecule has 6 heteroatoms. The van der Waals surface area contributed by atoms with Crippen LogP contribution in [0.1, 0.15) is 30.4 Å². The molecule has 3 aromatic rings. The molecule has 0 spiro atoms. The van der Waals surface area contributed by atoms with Crippen molar-refractivity contribution in [1.82, 2.24) is 9.97 Å². The topological polar surface area (TPSA) is 84.1 Å². The van der Waals surface area contributed by atoms with Gasteiger partial charge in [0.15, 0.2) is 0 Å². The van der Waals surface area contributed by atoms with Crippen LogP contribution in [0.5, 0.6) is 5.75 Å². The normalized spacial score (nSPS) is 15.7. The van der Waals surface area contributed by atoms with Crippen LogP contribution in [0.2, 0.25) is 0 Å². The van der Waals surface area contributed by atoms with Gasteiger partial charge in [-0.25, -0.2) is 4.98 Å². The van der Waals surface area contributed by atoms with Crippen molar-refractivity contribution >= 4 is 11.7 Å². The summed E-state index contributed by atoms with van der Waals surface area (Å²) in [5.74, 6) is 0.842. The molecular formula is C21H19N3O3. The van der Waals surface area contributed by atoms with Crippen LogP contribution in [0.3, 0.4) is 0 Å². The van der Waals surface area contributed by atoms with E-state index < -0.39 is 5.92 Å². The second-order valence-corrected chi connectivity index (χ2v) is 6.32. The van der Waals surface area contributed by atoms with Crippen molar-refractivity contribution in [3.05, 3.63) is 76.1 Å². The molecule has 1 amide bonds. The van der Waals surface area contributed by atoms with E-state index in [1.54, 1.807) is 0 Å². The van der Waals surface area contributed by atoms with Gasteiger partial charge in [-0.15, -0.1) is 0 Å². The molecule has 1 aliphatic heterocycles. The lowest BCUT2D eigenvalue weighted by Crippen LogP contribution is -2.31. The minimum absolute atomic E-state index is 0.170. The van der Waals surface area contributed by atoms with Gasteiger partial charge in [-0.1, -0.05) is 48.5 Å². The minimum Gasteiger partial charge on any atom is -0.494 e. The van der Waals surface area contributed by atoms with E-state index in [1.807, 2.05) is 61.5 Å². The number of fused-ring (bicyclic) bond motifs is 1. The van der Waals surface area contributed by atoms with Crippen molar-refractivity contribution in [2.24, 2.45) is 0 Å². The van der Waals surface area contributed by atoms with Crippen LogP contribution < -0.4 is 15.6 Å². The SMILES string of the molecule is CCOc1ccccc1C1CC(=O)Nc2nc(-c3ccccc3)[nH]c(=O)c21. The molecular weight excluding hydrogens is 342 g/mol. The number of carbonyl (C=O) groups excluding carboxylic acids is 1. The largest absolute Gasteiger partial charge is 0.494 e. The van der Waals surface area contributed by atoms with E-state index in [2.05, 4.69) is 15.3 Å². The molecule has 2 N–H and O–H groups in total. The van der Waals surface area contributed by atoms with Gasteiger partial charge in [0.2, 0.25) is 5.91 Å². The van der Waals surface area contributed by atoms with Crippen LogP contribution in [0.4, 0.5) is 5.82 Å². The van der Waals surface area contributed by atoms with Crippen molar-refractivity contribution in [2.75, 3.05) is 11.9 Å². The number of rotatable bonds is 4. The van der Waals surface area contributed by atoms with E-state index >= 15 is 0 Å². The Labute approximate surface area is 156 Å². The van der Waals surface area contributed by atoms with E-state index in [1.165, 1.54) is 0 Å². The Balaban J connectivity index is 1.86. The van der Waals surface area contributed by atoms with E-state index in [4.69, 9.17) is 4.74 Å². The standard InChI is InChI=1S/C21H19N3O3/c1-2-27-16-11-7-6-10-14(16)15-12-17(25)22-20-18(15)21(26)24-19(23-20)13-8-4-3-5-9-13/h3-11,15H,2,12H2,1H3,(H2,22,23,24,25,26). The zero-order valence-corrected chi connectivity index (χ0v) is 14.9. The summed E-state index contributed by atoms with van der Waals surface area (Å²) in [5, 5.41) is 2.75. The van der Waals surface area contributed by atoms with Gasteiger partial charge in [0, 0.05) is 23.5 Å². The number of aromatic nitrogens is 2. The molecule has 27 heavy (non-hydrogen) atoms. The summed E-state index contributed by atoms with van der Waals surface area (Å²) in [6.07, 6.45) is 0.173. The number of ether oxygens (including phenoxy) is 1. The zero-order valence-electron chi connectivity index (χ0n) is 14.9. The number of aromatic amines is 1. The Kier molecular flexibility index (Phi) is 4.46. The molecule has 0 bridgehead atoms. The quantitative estimate of drug-likeness (QED) is 0.747. The molecule has 0 aliphatic carbocycles. The molecule has 6 nitrogen and oxygen atoms in total. The zero-order chi connectivity index (χ0) is 18.8. The fraction of sp³-hybridized carbons (Fsp3) is 0.190. The van der Waals surface area contributed by atoms with Gasteiger partial charge in [-0.2, -0.15) is 0 Å². The van der Waals surface area contributed by atoms with Crippen LogP contribution in [0.15, 0.2) is 59.4 Å². The average molecular weight is 361 g/mol. The first-order valence-corrected chi connectivity index (χ1v) is 8.88. The van der Waals surface area contributed by atoms with E-state index in [9.17, 15) is 9.59 Å². The highest BCUT2D eigenvalue weighted by atomic mass is 16.5. The maximum Gasteiger partial charge on any atom is 0.257 e. The van der Waals surface area contributed by atoms with Gasteiger partial charge >= 0.3 is 0 Å². The molecule has 4 rings (SSSR count). The summed E-state index contributed by atoms with van der Waals surface area (Å²) in [5.41, 5.74) is 1.80. The van der Waals surface area contributed by atoms with Crippen LogP contribution in [-0.2, 0) is 4.79 Å². The number of para-hydroxylation sites is 1. The fourth-order valence-electron chi connectivity index (χ4n) is 3.43. The third-order valence-corrected chi connectivity index (χ3v) is 4.59. The Morgan fingerprint density at radius 1 is 1.07 bits per heavy atom. The number of nitrogens with one attached hydrogen (secondary N) is 2. The lowest BCUT2D eigenvalue weighted by molar-refractivity contribution is -0.116. The molecule has 1 aliphatic rings. The summed E-state index contributed by atoms with van der Waals surface area (Å²) in [4.78, 5) is 32.6. The number of anilines is 1. The number of nitrogens with zero attached hydrogens (tertiary/aromatic N) is 1. The molecule has 0 fully saturated rings. The summed E-state index contributed by atoms with van der Waals surface area (Å²) in [6, 6.07) is 16.8. The van der Waals surface area contributed by atoms with E-state index in [0.717, 1.165) is 11.1 Å². The van der Waals surface area contributed by atoms with Crippen LogP contribution in [-0.4, -0.2) is 22.5 Å². The molecule has 2 heterocycles. The smallest absolute Gasteiger partial charge is 0.257 e. The maximum absolute atomic E-state index is 12.9. The third kappa shape index (κ3) is 3.21. The summed E-state index contributed by atoms with van der Waals surface area (Å²) >= 11 is 0. The first-order valence-electron chi connectivity index (χ1n) is 8.88. The highest BCUT2D eigenvalue weighted by Crippen LogP contribution is 2.38. The predicted octanol–water partition coefficient (Wildman–Crippen LogP) is 3.31. The summed E-state index contributed by atoms with van der Waals surface area (Å²) < 4.78 is 5.71. The second kappa shape index (κ2) is 7.07. The van der Waals surface area contributed by atoms with Crippen molar-refractivity contribution in [3.63, 3.8) is 0 Å². The number of H-pyrrole nitrogens is 1. The average Bonchev–Trinajstić information content (AvgIpc) is 2.68. The van der Waals surface area contributed by atoms with Gasteiger partial charge in [-0.05, 0) is 13.0 Å². The molecule has 1 unspecified atom stereocenters. The molecule has 0 radical (unpaired) electrons. The Hall–Kier alpha value is -3.41. The van der Waals surface area contributed by atoms with Gasteiger partial charge < -0.3 is 15.0 Å². The predicted molar refractivity (Wildman–Crippen MR) is 103 cm³/mol. The van der Waals surface area contributed by atoms with Crippen molar-refractivity contribution in [1.29, 1.82) is 0 Å². The maximum atomic E-state index is 12.9. The highest BCUT2D eigenvalue weighted by Gasteiger charge is 2.32. The van der Waals surface area contributed by atoms with Gasteiger partial charge in [-0.3, -0.25) is 9.59 Å². The van der Waals surface area contributed by atoms with E-state index in [-0.39, 0.29) is 17.9 Å². The number of benzene rings is 2. The second-order valence-electron chi connectivity index (χ2n) is 6.32. The molecule has 1 atom stereocenters. The van der Waals surface area contributed by atoms with Gasteiger partial charge in [0.1, 0.15) is 17.4 Å². The van der Waals surface area contributed by atoms with Gasteiger partial charge in [0.25, 0.3) is 5.56 Å². The summed E-state index contributed by atoms with van der Waals surface area (Å²) in [6.45, 7) is 2.41. The monoisotopic (exact) mass is 361 g/mol. The first-order chi connectivity index (χ1) is 13.2.